The van der Waals surface area contributed by atoms with Crippen LogP contribution in [0.15, 0.2) is 59.8 Å². The van der Waals surface area contributed by atoms with Gasteiger partial charge < -0.3 is 4.90 Å². The van der Waals surface area contributed by atoms with Crippen molar-refractivity contribution >= 4 is 17.7 Å². The molecule has 0 atom stereocenters. The fourth-order valence-electron chi connectivity index (χ4n) is 3.85. The second-order valence-electron chi connectivity index (χ2n) is 7.72. The number of aromatic nitrogens is 3. The minimum Gasteiger partial charge on any atom is -0.343 e. The van der Waals surface area contributed by atoms with Crippen LogP contribution in [0.5, 0.6) is 0 Å². The van der Waals surface area contributed by atoms with Gasteiger partial charge in [-0.15, -0.1) is 10.2 Å². The summed E-state index contributed by atoms with van der Waals surface area (Å²) in [5.74, 6) is 2.08. The number of amides is 1. The molecule has 3 aromatic rings. The number of carbonyl (C=O) groups is 1. The maximum absolute atomic E-state index is 12.3. The standard InChI is InChI=1S/C24H28N4OS/c1-19-10-5-6-13-21(19)28-22(18-20-11-3-2-4-12-20)25-26-24(28)30-17-9-14-23(29)27-15-7-8-16-27/h2-6,10-13H,7-9,14-18H2,1H3. The Kier molecular flexibility index (Phi) is 6.84. The molecule has 30 heavy (non-hydrogen) atoms. The molecule has 0 N–H and O–H groups in total. The van der Waals surface area contributed by atoms with Crippen molar-refractivity contribution in [1.29, 1.82) is 0 Å². The number of para-hydroxylation sites is 1. The van der Waals surface area contributed by atoms with E-state index in [2.05, 4.69) is 70.2 Å². The van der Waals surface area contributed by atoms with Crippen molar-refractivity contribution in [3.05, 3.63) is 71.5 Å². The molecule has 0 unspecified atom stereocenters. The summed E-state index contributed by atoms with van der Waals surface area (Å²) in [5.41, 5.74) is 3.52. The molecule has 0 radical (unpaired) electrons. The van der Waals surface area contributed by atoms with Crippen LogP contribution in [0.4, 0.5) is 0 Å². The number of aryl methyl sites for hydroxylation is 1. The molecule has 1 aromatic heterocycles. The van der Waals surface area contributed by atoms with Crippen LogP contribution in [0.1, 0.15) is 42.6 Å². The number of hydrogen-bond acceptors (Lipinski definition) is 4. The highest BCUT2D eigenvalue weighted by Crippen LogP contribution is 2.26. The fraction of sp³-hybridized carbons (Fsp3) is 0.375. The molecule has 1 aliphatic heterocycles. The van der Waals surface area contributed by atoms with Gasteiger partial charge in [-0.1, -0.05) is 60.3 Å². The van der Waals surface area contributed by atoms with Gasteiger partial charge in [-0.3, -0.25) is 9.36 Å². The highest BCUT2D eigenvalue weighted by atomic mass is 32.2. The van der Waals surface area contributed by atoms with Gasteiger partial charge in [0.05, 0.1) is 5.69 Å². The Balaban J connectivity index is 1.48. The minimum atomic E-state index is 0.290. The molecule has 5 nitrogen and oxygen atoms in total. The zero-order valence-electron chi connectivity index (χ0n) is 17.5. The average molecular weight is 421 g/mol. The predicted molar refractivity (Wildman–Crippen MR) is 121 cm³/mol. The van der Waals surface area contributed by atoms with Crippen LogP contribution >= 0.6 is 11.8 Å². The first-order valence-corrected chi connectivity index (χ1v) is 11.7. The van der Waals surface area contributed by atoms with Gasteiger partial charge in [0.25, 0.3) is 0 Å². The maximum Gasteiger partial charge on any atom is 0.222 e. The lowest BCUT2D eigenvalue weighted by Crippen LogP contribution is -2.27. The van der Waals surface area contributed by atoms with Crippen LogP contribution in [0.2, 0.25) is 0 Å². The average Bonchev–Trinajstić information content (AvgIpc) is 3.43. The highest BCUT2D eigenvalue weighted by molar-refractivity contribution is 7.99. The molecule has 2 aromatic carbocycles. The van der Waals surface area contributed by atoms with Crippen LogP contribution in [0.25, 0.3) is 5.69 Å². The fourth-order valence-corrected chi connectivity index (χ4v) is 4.76. The van der Waals surface area contributed by atoms with E-state index in [1.807, 2.05) is 11.0 Å². The van der Waals surface area contributed by atoms with E-state index in [9.17, 15) is 4.79 Å². The van der Waals surface area contributed by atoms with E-state index in [0.717, 1.165) is 61.2 Å². The van der Waals surface area contributed by atoms with Crippen molar-refractivity contribution in [1.82, 2.24) is 19.7 Å². The Bertz CT molecular complexity index is 980. The molecular weight excluding hydrogens is 392 g/mol. The zero-order valence-corrected chi connectivity index (χ0v) is 18.3. The SMILES string of the molecule is Cc1ccccc1-n1c(Cc2ccccc2)nnc1SCCCC(=O)N1CCCC1. The smallest absolute Gasteiger partial charge is 0.222 e. The summed E-state index contributed by atoms with van der Waals surface area (Å²) in [5, 5.41) is 9.92. The third kappa shape index (κ3) is 4.93. The molecule has 0 aliphatic carbocycles. The van der Waals surface area contributed by atoms with Crippen molar-refractivity contribution < 1.29 is 4.79 Å². The van der Waals surface area contributed by atoms with Crippen molar-refractivity contribution in [3.8, 4) is 5.69 Å². The number of thioether (sulfide) groups is 1. The maximum atomic E-state index is 12.3. The van der Waals surface area contributed by atoms with Crippen molar-refractivity contribution in [2.75, 3.05) is 18.8 Å². The van der Waals surface area contributed by atoms with E-state index in [1.54, 1.807) is 11.8 Å². The molecule has 1 amide bonds. The monoisotopic (exact) mass is 420 g/mol. The van der Waals surface area contributed by atoms with E-state index in [4.69, 9.17) is 0 Å². The van der Waals surface area contributed by atoms with Gasteiger partial charge in [-0.25, -0.2) is 0 Å². The molecule has 156 valence electrons. The first kappa shape index (κ1) is 20.7. The number of likely N-dealkylation sites (tertiary alicyclic amines) is 1. The Morgan fingerprint density at radius 1 is 1.00 bits per heavy atom. The van der Waals surface area contributed by atoms with E-state index >= 15 is 0 Å². The normalized spacial score (nSPS) is 13.7. The molecule has 4 rings (SSSR count). The van der Waals surface area contributed by atoms with Crippen LogP contribution in [0.3, 0.4) is 0 Å². The van der Waals surface area contributed by atoms with Gasteiger partial charge in [-0.2, -0.15) is 0 Å². The lowest BCUT2D eigenvalue weighted by Gasteiger charge is -2.15. The summed E-state index contributed by atoms with van der Waals surface area (Å²) >= 11 is 1.69. The molecule has 0 bridgehead atoms. The van der Waals surface area contributed by atoms with Crippen molar-refractivity contribution in [2.24, 2.45) is 0 Å². The molecule has 0 saturated carbocycles. The summed E-state index contributed by atoms with van der Waals surface area (Å²) in [4.78, 5) is 14.3. The first-order valence-electron chi connectivity index (χ1n) is 10.7. The van der Waals surface area contributed by atoms with Crippen molar-refractivity contribution in [3.63, 3.8) is 0 Å². The van der Waals surface area contributed by atoms with Gasteiger partial charge in [0.1, 0.15) is 5.82 Å². The van der Waals surface area contributed by atoms with E-state index in [1.165, 1.54) is 11.1 Å². The first-order chi connectivity index (χ1) is 14.7. The van der Waals surface area contributed by atoms with E-state index in [0.29, 0.717) is 12.3 Å². The molecular formula is C24H28N4OS. The second kappa shape index (κ2) is 9.94. The zero-order chi connectivity index (χ0) is 20.8. The molecule has 2 heterocycles. The van der Waals surface area contributed by atoms with E-state index in [-0.39, 0.29) is 0 Å². The van der Waals surface area contributed by atoms with Gasteiger partial charge in [-0.05, 0) is 43.4 Å². The highest BCUT2D eigenvalue weighted by Gasteiger charge is 2.19. The van der Waals surface area contributed by atoms with Gasteiger partial charge in [0.15, 0.2) is 5.16 Å². The lowest BCUT2D eigenvalue weighted by atomic mass is 10.1. The van der Waals surface area contributed by atoms with Crippen molar-refractivity contribution in [2.45, 2.75) is 44.2 Å². The molecule has 1 fully saturated rings. The molecule has 0 spiro atoms. The molecule has 1 aliphatic rings. The quantitative estimate of drug-likeness (QED) is 0.393. The predicted octanol–water partition coefficient (Wildman–Crippen LogP) is 4.66. The Hall–Kier alpha value is -2.60. The van der Waals surface area contributed by atoms with Crippen LogP contribution in [-0.4, -0.2) is 44.4 Å². The van der Waals surface area contributed by atoms with Gasteiger partial charge >= 0.3 is 0 Å². The molecule has 1 saturated heterocycles. The number of carbonyl (C=O) groups excluding carboxylic acids is 1. The Morgan fingerprint density at radius 2 is 1.73 bits per heavy atom. The van der Waals surface area contributed by atoms with Gasteiger partial charge in [0, 0.05) is 31.7 Å². The van der Waals surface area contributed by atoms with Gasteiger partial charge in [0.2, 0.25) is 5.91 Å². The Labute approximate surface area is 182 Å². The third-order valence-corrected chi connectivity index (χ3v) is 6.50. The van der Waals surface area contributed by atoms with E-state index < -0.39 is 0 Å². The topological polar surface area (TPSA) is 51.0 Å². The Morgan fingerprint density at radius 3 is 2.50 bits per heavy atom. The van der Waals surface area contributed by atoms with Crippen LogP contribution < -0.4 is 0 Å². The summed E-state index contributed by atoms with van der Waals surface area (Å²) in [6.07, 6.45) is 4.49. The molecule has 6 heteroatoms. The van der Waals surface area contributed by atoms with Crippen LogP contribution in [-0.2, 0) is 11.2 Å². The summed E-state index contributed by atoms with van der Waals surface area (Å²) < 4.78 is 2.18. The number of rotatable bonds is 8. The second-order valence-corrected chi connectivity index (χ2v) is 8.79. The van der Waals surface area contributed by atoms with Crippen LogP contribution in [0, 0.1) is 6.92 Å². The number of hydrogen-bond donors (Lipinski definition) is 0. The third-order valence-electron chi connectivity index (χ3n) is 5.49. The summed E-state index contributed by atoms with van der Waals surface area (Å²) in [7, 11) is 0. The number of nitrogens with zero attached hydrogens (tertiary/aromatic N) is 4. The lowest BCUT2D eigenvalue weighted by molar-refractivity contribution is -0.130. The minimum absolute atomic E-state index is 0.290. The number of benzene rings is 2. The largest absolute Gasteiger partial charge is 0.343 e. The summed E-state index contributed by atoms with van der Waals surface area (Å²) in [6, 6.07) is 18.7. The summed E-state index contributed by atoms with van der Waals surface area (Å²) in [6.45, 7) is 3.97.